The first-order valence-corrected chi connectivity index (χ1v) is 11.0. The first kappa shape index (κ1) is 19.5. The summed E-state index contributed by atoms with van der Waals surface area (Å²) in [4.78, 5) is 4.74. The lowest BCUT2D eigenvalue weighted by Gasteiger charge is -2.11. The van der Waals surface area contributed by atoms with Crippen molar-refractivity contribution in [3.05, 3.63) is 83.5 Å². The molecule has 3 aromatic rings. The number of hydrogen-bond donors (Lipinski definition) is 1. The minimum Gasteiger partial charge on any atom is -0.462 e. The summed E-state index contributed by atoms with van der Waals surface area (Å²) < 4.78 is 5.94. The third kappa shape index (κ3) is 5.36. The van der Waals surface area contributed by atoms with E-state index in [2.05, 4.69) is 73.1 Å². The Morgan fingerprint density at radius 3 is 2.55 bits per heavy atom. The van der Waals surface area contributed by atoms with E-state index in [-0.39, 0.29) is 0 Å². The first-order chi connectivity index (χ1) is 14.2. The number of anilines is 2. The van der Waals surface area contributed by atoms with Crippen LogP contribution in [0.4, 0.5) is 10.8 Å². The Morgan fingerprint density at radius 2 is 1.86 bits per heavy atom. The van der Waals surface area contributed by atoms with Gasteiger partial charge >= 0.3 is 0 Å². The van der Waals surface area contributed by atoms with Gasteiger partial charge in [-0.05, 0) is 66.8 Å². The minimum atomic E-state index is 0.670. The van der Waals surface area contributed by atoms with Crippen LogP contribution in [0.2, 0.25) is 0 Å². The van der Waals surface area contributed by atoms with E-state index in [1.165, 1.54) is 5.56 Å². The van der Waals surface area contributed by atoms with Crippen molar-refractivity contribution in [1.29, 1.82) is 0 Å². The number of benzene rings is 2. The highest BCUT2D eigenvalue weighted by Crippen LogP contribution is 2.29. The van der Waals surface area contributed by atoms with E-state index in [1.807, 2.05) is 18.2 Å². The van der Waals surface area contributed by atoms with Crippen molar-refractivity contribution >= 4 is 22.2 Å². The number of rotatable bonds is 7. The van der Waals surface area contributed by atoms with Crippen LogP contribution >= 0.6 is 11.3 Å². The average molecular weight is 403 g/mol. The van der Waals surface area contributed by atoms with Gasteiger partial charge in [0.1, 0.15) is 11.5 Å². The molecule has 3 nitrogen and oxygen atoms in total. The Hall–Kier alpha value is -2.85. The van der Waals surface area contributed by atoms with Crippen LogP contribution in [0.15, 0.2) is 77.9 Å². The maximum Gasteiger partial charge on any atom is 0.187 e. The normalized spacial score (nSPS) is 13.4. The van der Waals surface area contributed by atoms with E-state index >= 15 is 0 Å². The molecular weight excluding hydrogens is 376 g/mol. The van der Waals surface area contributed by atoms with Crippen LogP contribution in [-0.4, -0.2) is 4.98 Å². The Bertz CT molecular complexity index is 998. The van der Waals surface area contributed by atoms with Gasteiger partial charge in [-0.1, -0.05) is 38.1 Å². The highest BCUT2D eigenvalue weighted by Gasteiger charge is 2.07. The predicted octanol–water partition coefficient (Wildman–Crippen LogP) is 7.36. The Balaban J connectivity index is 1.39. The highest BCUT2D eigenvalue weighted by atomic mass is 32.1. The van der Waals surface area contributed by atoms with E-state index in [9.17, 15) is 0 Å². The standard InChI is InChI=1S/C25H26N2OS/c1-18(2)16-19-8-12-21(13-9-19)26-25-27-24(17-29-25)20-10-14-23(15-11-20)28-22-6-4-3-5-7-22/h3-4,6,8-15,17-18H,5,7,16H2,1-2H3,(H,26,27). The molecule has 0 atom stereocenters. The van der Waals surface area contributed by atoms with E-state index in [1.54, 1.807) is 11.3 Å². The molecule has 0 saturated carbocycles. The van der Waals surface area contributed by atoms with Gasteiger partial charge in [0.15, 0.2) is 5.13 Å². The lowest BCUT2D eigenvalue weighted by atomic mass is 10.0. The smallest absolute Gasteiger partial charge is 0.187 e. The number of thiazole rings is 1. The second-order valence-corrected chi connectivity index (χ2v) is 8.54. The molecule has 0 bridgehead atoms. The molecule has 1 aliphatic rings. The lowest BCUT2D eigenvalue weighted by Crippen LogP contribution is -1.97. The lowest BCUT2D eigenvalue weighted by molar-refractivity contribution is 0.403. The molecule has 0 spiro atoms. The summed E-state index contributed by atoms with van der Waals surface area (Å²) in [5, 5.41) is 6.39. The van der Waals surface area contributed by atoms with Gasteiger partial charge < -0.3 is 10.1 Å². The SMILES string of the molecule is CC(C)Cc1ccc(Nc2nc(-c3ccc(OC4=CC=CCC4)cc3)cs2)cc1. The van der Waals surface area contributed by atoms with Gasteiger partial charge in [0.25, 0.3) is 0 Å². The molecule has 0 fully saturated rings. The van der Waals surface area contributed by atoms with Crippen LogP contribution in [0, 0.1) is 5.92 Å². The van der Waals surface area contributed by atoms with E-state index in [0.29, 0.717) is 5.92 Å². The third-order valence-corrected chi connectivity index (χ3v) is 5.49. The number of allylic oxidation sites excluding steroid dienone is 4. The van der Waals surface area contributed by atoms with Crippen molar-refractivity contribution in [3.8, 4) is 17.0 Å². The van der Waals surface area contributed by atoms with Gasteiger partial charge in [0.05, 0.1) is 5.69 Å². The number of aromatic nitrogens is 1. The summed E-state index contributed by atoms with van der Waals surface area (Å²) >= 11 is 1.62. The molecule has 0 aliphatic heterocycles. The predicted molar refractivity (Wildman–Crippen MR) is 123 cm³/mol. The van der Waals surface area contributed by atoms with E-state index in [4.69, 9.17) is 9.72 Å². The first-order valence-electron chi connectivity index (χ1n) is 10.1. The third-order valence-electron chi connectivity index (χ3n) is 4.73. The maximum atomic E-state index is 5.94. The quantitative estimate of drug-likeness (QED) is 0.448. The topological polar surface area (TPSA) is 34.2 Å². The molecule has 2 aromatic carbocycles. The van der Waals surface area contributed by atoms with Gasteiger partial charge in [-0.3, -0.25) is 0 Å². The van der Waals surface area contributed by atoms with Crippen LogP contribution in [0.5, 0.6) is 5.75 Å². The second kappa shape index (κ2) is 9.10. The molecule has 1 N–H and O–H groups in total. The van der Waals surface area contributed by atoms with Crippen LogP contribution in [0.25, 0.3) is 11.3 Å². The number of nitrogens with zero attached hydrogens (tertiary/aromatic N) is 1. The van der Waals surface area contributed by atoms with Crippen molar-refractivity contribution in [3.63, 3.8) is 0 Å². The average Bonchev–Trinajstić information content (AvgIpc) is 3.19. The zero-order chi connectivity index (χ0) is 20.1. The highest BCUT2D eigenvalue weighted by molar-refractivity contribution is 7.14. The fraction of sp³-hybridized carbons (Fsp3) is 0.240. The summed E-state index contributed by atoms with van der Waals surface area (Å²) in [5.41, 5.74) is 4.50. The van der Waals surface area contributed by atoms with Crippen LogP contribution in [0.3, 0.4) is 0 Å². The second-order valence-electron chi connectivity index (χ2n) is 7.68. The van der Waals surface area contributed by atoms with Gasteiger partial charge in [-0.15, -0.1) is 11.3 Å². The van der Waals surface area contributed by atoms with Gasteiger partial charge in [0, 0.05) is 23.1 Å². The van der Waals surface area contributed by atoms with Crippen LogP contribution in [0.1, 0.15) is 32.3 Å². The van der Waals surface area contributed by atoms with Crippen LogP contribution in [-0.2, 0) is 6.42 Å². The van der Waals surface area contributed by atoms with Crippen molar-refractivity contribution in [2.24, 2.45) is 5.92 Å². The van der Waals surface area contributed by atoms with E-state index in [0.717, 1.165) is 52.8 Å². The molecule has 148 valence electrons. The molecule has 1 heterocycles. The van der Waals surface area contributed by atoms with Gasteiger partial charge in [-0.2, -0.15) is 0 Å². The van der Waals surface area contributed by atoms with Crippen molar-refractivity contribution in [2.75, 3.05) is 5.32 Å². The fourth-order valence-corrected chi connectivity index (χ4v) is 4.03. The molecule has 4 heteroatoms. The summed E-state index contributed by atoms with van der Waals surface area (Å²) in [6.07, 6.45) is 9.34. The molecule has 1 aromatic heterocycles. The van der Waals surface area contributed by atoms with Crippen molar-refractivity contribution in [2.45, 2.75) is 33.1 Å². The summed E-state index contributed by atoms with van der Waals surface area (Å²) in [6.45, 7) is 4.49. The molecular formula is C25H26N2OS. The minimum absolute atomic E-state index is 0.670. The molecule has 29 heavy (non-hydrogen) atoms. The number of hydrogen-bond acceptors (Lipinski definition) is 4. The fourth-order valence-electron chi connectivity index (χ4n) is 3.29. The molecule has 4 rings (SSSR count). The van der Waals surface area contributed by atoms with E-state index < -0.39 is 0 Å². The Labute approximate surface area is 176 Å². The molecule has 0 amide bonds. The summed E-state index contributed by atoms with van der Waals surface area (Å²) in [5.74, 6) is 2.55. The monoisotopic (exact) mass is 402 g/mol. The molecule has 0 unspecified atom stereocenters. The zero-order valence-corrected chi connectivity index (χ0v) is 17.7. The maximum absolute atomic E-state index is 5.94. The Kier molecular flexibility index (Phi) is 6.11. The van der Waals surface area contributed by atoms with Gasteiger partial charge in [0.2, 0.25) is 0 Å². The Morgan fingerprint density at radius 1 is 1.07 bits per heavy atom. The van der Waals surface area contributed by atoms with Crippen molar-refractivity contribution in [1.82, 2.24) is 4.98 Å². The largest absolute Gasteiger partial charge is 0.462 e. The number of nitrogens with one attached hydrogen (secondary N) is 1. The van der Waals surface area contributed by atoms with Gasteiger partial charge in [-0.25, -0.2) is 4.98 Å². The summed E-state index contributed by atoms with van der Waals surface area (Å²) in [7, 11) is 0. The molecule has 0 radical (unpaired) electrons. The zero-order valence-electron chi connectivity index (χ0n) is 16.9. The number of ether oxygens (including phenoxy) is 1. The van der Waals surface area contributed by atoms with Crippen LogP contribution < -0.4 is 10.1 Å². The van der Waals surface area contributed by atoms with Crippen molar-refractivity contribution < 1.29 is 4.74 Å². The summed E-state index contributed by atoms with van der Waals surface area (Å²) in [6, 6.07) is 16.8. The molecule has 1 aliphatic carbocycles. The molecule has 0 saturated heterocycles.